The summed E-state index contributed by atoms with van der Waals surface area (Å²) in [6, 6.07) is 15.1. The van der Waals surface area contributed by atoms with Crippen molar-refractivity contribution in [2.45, 2.75) is 53.9 Å². The van der Waals surface area contributed by atoms with Gasteiger partial charge in [-0.15, -0.1) is 23.2 Å². The van der Waals surface area contributed by atoms with E-state index in [4.69, 9.17) is 23.2 Å². The Hall–Kier alpha value is -4.33. The third kappa shape index (κ3) is 4.95. The average Bonchev–Trinajstić information content (AvgIpc) is 3.49. The number of benzene rings is 3. The van der Waals surface area contributed by atoms with Gasteiger partial charge in [0.25, 0.3) is 11.8 Å². The summed E-state index contributed by atoms with van der Waals surface area (Å²) in [6.07, 6.45) is 2.07. The lowest BCUT2D eigenvalue weighted by molar-refractivity contribution is -0.144. The van der Waals surface area contributed by atoms with Gasteiger partial charge < -0.3 is 5.11 Å². The first-order valence-electron chi connectivity index (χ1n) is 17.1. The number of para-hydroxylation sites is 1. The Morgan fingerprint density at radius 2 is 1.36 bits per heavy atom. The largest absolute Gasteiger partial charge is 0.508 e. The summed E-state index contributed by atoms with van der Waals surface area (Å²) in [5, 5.41) is 11.1. The molecule has 1 saturated carbocycles. The second-order valence-corrected chi connectivity index (χ2v) is 15.5. The molecule has 0 radical (unpaired) electrons. The predicted molar refractivity (Wildman–Crippen MR) is 181 cm³/mol. The summed E-state index contributed by atoms with van der Waals surface area (Å²) in [5.41, 5.74) is -0.486. The molecule has 0 aromatic heterocycles. The van der Waals surface area contributed by atoms with Crippen molar-refractivity contribution < 1.29 is 46.2 Å². The minimum Gasteiger partial charge on any atom is -0.508 e. The third-order valence-electron chi connectivity index (χ3n) is 11.7. The van der Waals surface area contributed by atoms with Crippen LogP contribution in [-0.2, 0) is 25.7 Å². The van der Waals surface area contributed by atoms with Gasteiger partial charge in [0.05, 0.1) is 11.8 Å². The van der Waals surface area contributed by atoms with Crippen LogP contribution < -0.4 is 4.90 Å². The zero-order valence-corrected chi connectivity index (χ0v) is 29.2. The molecule has 0 bridgehead atoms. The van der Waals surface area contributed by atoms with Crippen molar-refractivity contribution in [1.82, 2.24) is 9.80 Å². The zero-order chi connectivity index (χ0) is 37.7. The van der Waals surface area contributed by atoms with Crippen LogP contribution in [0.5, 0.6) is 5.75 Å². The number of carbonyl (C=O) groups is 4. The number of hydrogen-bond donors (Lipinski definition) is 1. The number of hydrogen-bond acceptors (Lipinski definition) is 6. The molecule has 6 atom stereocenters. The van der Waals surface area contributed by atoms with E-state index in [1.165, 1.54) is 29.2 Å². The molecule has 53 heavy (non-hydrogen) atoms. The van der Waals surface area contributed by atoms with E-state index in [0.717, 1.165) is 5.56 Å². The predicted octanol–water partition coefficient (Wildman–Crippen LogP) is 6.32. The Kier molecular flexibility index (Phi) is 8.50. The van der Waals surface area contributed by atoms with Gasteiger partial charge in [-0.2, -0.15) is 0 Å². The topological polar surface area (TPSA) is 98.2 Å². The molecule has 3 aliphatic heterocycles. The van der Waals surface area contributed by atoms with Crippen molar-refractivity contribution in [2.24, 2.45) is 17.8 Å². The molecule has 4 fully saturated rings. The Balaban J connectivity index is 1.18. The number of phenols is 1. The summed E-state index contributed by atoms with van der Waals surface area (Å²) in [5.74, 6) is -21.3. The Bertz CT molecular complexity index is 2100. The van der Waals surface area contributed by atoms with Gasteiger partial charge in [0.1, 0.15) is 11.4 Å². The minimum atomic E-state index is -2.70. The Morgan fingerprint density at radius 1 is 0.755 bits per heavy atom. The highest BCUT2D eigenvalue weighted by Gasteiger charge is 2.77. The first-order valence-corrected chi connectivity index (χ1v) is 17.9. The fourth-order valence-corrected chi connectivity index (χ4v) is 10.1. The first kappa shape index (κ1) is 35.7. The number of amides is 4. The molecule has 4 amide bonds. The lowest BCUT2D eigenvalue weighted by Gasteiger charge is -2.50. The minimum absolute atomic E-state index is 0.0280. The lowest BCUT2D eigenvalue weighted by Crippen LogP contribution is -2.60. The summed E-state index contributed by atoms with van der Waals surface area (Å²) in [7, 11) is 0. The summed E-state index contributed by atoms with van der Waals surface area (Å²) < 4.78 is 73.4. The number of rotatable bonds is 5. The average molecular weight is 775 g/mol. The Morgan fingerprint density at radius 3 is 2.00 bits per heavy atom. The number of piperidine rings is 1. The van der Waals surface area contributed by atoms with Crippen molar-refractivity contribution in [1.29, 1.82) is 0 Å². The highest BCUT2D eigenvalue weighted by atomic mass is 35.5. The van der Waals surface area contributed by atoms with Crippen LogP contribution in [0.2, 0.25) is 0 Å². The van der Waals surface area contributed by atoms with E-state index in [1.54, 1.807) is 6.08 Å². The molecule has 0 unspecified atom stereocenters. The SMILES string of the molecule is O=C1[C@H]2[C@H](CC=C3[C@H]2C[C@@]2(Cl)C(=O)N(c4c(F)c(F)c(F)c(F)c4F)C(=O)[C@@]2(Cl)[C@H]3c2ccccc2O)C(=O)N1C1CCN(Cc2ccccc2)CC1. The number of nitrogens with zero attached hydrogens (tertiary/aromatic N) is 3. The molecule has 3 aromatic rings. The second-order valence-electron chi connectivity index (χ2n) is 14.3. The second kappa shape index (κ2) is 12.6. The van der Waals surface area contributed by atoms with Crippen LogP contribution in [-0.4, -0.2) is 67.4 Å². The van der Waals surface area contributed by atoms with E-state index in [9.17, 15) is 37.5 Å². The van der Waals surface area contributed by atoms with Crippen LogP contribution in [0.4, 0.5) is 27.6 Å². The van der Waals surface area contributed by atoms with Crippen LogP contribution in [0.15, 0.2) is 66.2 Å². The number of halogens is 7. The molecule has 276 valence electrons. The summed E-state index contributed by atoms with van der Waals surface area (Å²) >= 11 is 14.3. The van der Waals surface area contributed by atoms with Crippen LogP contribution >= 0.6 is 23.2 Å². The highest BCUT2D eigenvalue weighted by molar-refractivity contribution is 6.58. The summed E-state index contributed by atoms with van der Waals surface area (Å²) in [4.78, 5) is 55.1. The first-order chi connectivity index (χ1) is 25.2. The fraction of sp³-hybridized carbons (Fsp3) is 0.368. The van der Waals surface area contributed by atoms with Gasteiger partial charge in [-0.05, 0) is 43.2 Å². The van der Waals surface area contributed by atoms with E-state index in [-0.39, 0.29) is 22.5 Å². The molecule has 5 aliphatic rings. The summed E-state index contributed by atoms with van der Waals surface area (Å²) in [6.45, 7) is 1.95. The molecular weight excluding hydrogens is 744 g/mol. The molecule has 1 N–H and O–H groups in total. The molecule has 3 saturated heterocycles. The number of allylic oxidation sites excluding steroid dienone is 2. The van der Waals surface area contributed by atoms with Crippen molar-refractivity contribution in [2.75, 3.05) is 18.0 Å². The van der Waals surface area contributed by atoms with Crippen LogP contribution in [0, 0.1) is 46.8 Å². The Labute approximate surface area is 309 Å². The maximum absolute atomic E-state index is 15.2. The molecule has 3 heterocycles. The number of phenolic OH excluding ortho intramolecular Hbond substituents is 1. The third-order valence-corrected chi connectivity index (χ3v) is 13.1. The number of carbonyl (C=O) groups excluding carboxylic acids is 4. The maximum Gasteiger partial charge on any atom is 0.258 e. The zero-order valence-electron chi connectivity index (χ0n) is 27.7. The molecule has 0 spiro atoms. The molecule has 8 nitrogen and oxygen atoms in total. The molecule has 3 aromatic carbocycles. The van der Waals surface area contributed by atoms with Gasteiger partial charge in [-0.25, -0.2) is 26.9 Å². The normalized spacial score (nSPS) is 30.4. The molecule has 2 aliphatic carbocycles. The van der Waals surface area contributed by atoms with E-state index < -0.39 is 110 Å². The van der Waals surface area contributed by atoms with Crippen molar-refractivity contribution >= 4 is 52.5 Å². The quantitative estimate of drug-likeness (QED) is 0.0815. The van der Waals surface area contributed by atoms with E-state index >= 15 is 8.78 Å². The molecule has 15 heteroatoms. The van der Waals surface area contributed by atoms with Gasteiger partial charge >= 0.3 is 0 Å². The van der Waals surface area contributed by atoms with Gasteiger partial charge in [-0.1, -0.05) is 60.2 Å². The van der Waals surface area contributed by atoms with Crippen molar-refractivity contribution in [3.8, 4) is 5.75 Å². The van der Waals surface area contributed by atoms with Crippen LogP contribution in [0.25, 0.3) is 0 Å². The van der Waals surface area contributed by atoms with E-state index in [2.05, 4.69) is 4.90 Å². The van der Waals surface area contributed by atoms with Crippen LogP contribution in [0.3, 0.4) is 0 Å². The highest BCUT2D eigenvalue weighted by Crippen LogP contribution is 2.66. The monoisotopic (exact) mass is 773 g/mol. The number of aromatic hydroxyl groups is 1. The van der Waals surface area contributed by atoms with Gasteiger partial charge in [0, 0.05) is 37.2 Å². The van der Waals surface area contributed by atoms with Gasteiger partial charge in [-0.3, -0.25) is 29.0 Å². The maximum atomic E-state index is 15.2. The van der Waals surface area contributed by atoms with Crippen molar-refractivity contribution in [3.63, 3.8) is 0 Å². The molecule has 8 rings (SSSR count). The number of anilines is 1. The standard InChI is InChI=1S/C38H30Cl2F5N3O5/c39-37-16-23-20(10-11-22-25(23)34(51)47(33(22)50)19-12-14-46(15-13-19)17-18-6-2-1-3-7-18)26(21-8-4-5-9-24(21)49)38(37,40)36(53)48(35(37)52)32-30(44)28(42)27(41)29(43)31(32)45/h1-10,19,22-23,25-26,49H,11-17H2/t22-,23+,25-,26+,37+,38-/m0/s1. The van der Waals surface area contributed by atoms with Gasteiger partial charge in [0.2, 0.25) is 17.6 Å². The van der Waals surface area contributed by atoms with E-state index in [0.29, 0.717) is 32.5 Å². The smallest absolute Gasteiger partial charge is 0.258 e. The fourth-order valence-electron chi connectivity index (χ4n) is 9.21. The van der Waals surface area contributed by atoms with Crippen molar-refractivity contribution in [3.05, 3.63) is 106 Å². The number of likely N-dealkylation sites (tertiary alicyclic amines) is 2. The lowest BCUT2D eigenvalue weighted by atomic mass is 9.56. The van der Waals surface area contributed by atoms with Gasteiger partial charge in [0.15, 0.2) is 33.0 Å². The number of alkyl halides is 2. The van der Waals surface area contributed by atoms with E-state index in [1.807, 2.05) is 30.3 Å². The van der Waals surface area contributed by atoms with Crippen LogP contribution in [0.1, 0.15) is 42.7 Å². The number of fused-ring (bicyclic) bond motifs is 4. The number of imide groups is 2. The molecular formula is C38H30Cl2F5N3O5.